The number of carbonyl (C=O) groups excluding carboxylic acids is 1. The van der Waals surface area contributed by atoms with Gasteiger partial charge in [0, 0.05) is 12.3 Å². The van der Waals surface area contributed by atoms with Gasteiger partial charge in [-0.2, -0.15) is 9.78 Å². The summed E-state index contributed by atoms with van der Waals surface area (Å²) >= 11 is 5.39. The van der Waals surface area contributed by atoms with Gasteiger partial charge in [0.2, 0.25) is 4.77 Å². The van der Waals surface area contributed by atoms with Crippen molar-refractivity contribution in [3.63, 3.8) is 0 Å². The number of aromatic nitrogens is 2. The molecule has 6 nitrogen and oxygen atoms in total. The van der Waals surface area contributed by atoms with E-state index in [1.165, 1.54) is 22.4 Å². The van der Waals surface area contributed by atoms with Gasteiger partial charge in [-0.25, -0.2) is 4.79 Å². The van der Waals surface area contributed by atoms with E-state index in [0.29, 0.717) is 6.54 Å². The van der Waals surface area contributed by atoms with E-state index in [0.717, 1.165) is 5.56 Å². The van der Waals surface area contributed by atoms with E-state index in [-0.39, 0.29) is 21.9 Å². The summed E-state index contributed by atoms with van der Waals surface area (Å²) in [5, 5.41) is 4.24. The summed E-state index contributed by atoms with van der Waals surface area (Å²) in [5.74, 6) is -0.502. The molecule has 1 aromatic carbocycles. The summed E-state index contributed by atoms with van der Waals surface area (Å²) in [6.45, 7) is 4.20. The van der Waals surface area contributed by atoms with Crippen LogP contribution in [0.2, 0.25) is 0 Å². The van der Waals surface area contributed by atoms with Crippen LogP contribution < -0.4 is 5.56 Å². The quantitative estimate of drug-likeness (QED) is 0.475. The molecule has 2 aromatic rings. The third-order valence-electron chi connectivity index (χ3n) is 3.22. The van der Waals surface area contributed by atoms with Crippen LogP contribution in [-0.4, -0.2) is 28.5 Å². The molecule has 7 heteroatoms. The topological polar surface area (TPSA) is 65.6 Å². The Bertz CT molecular complexity index is 867. The van der Waals surface area contributed by atoms with Crippen molar-refractivity contribution in [3.05, 3.63) is 62.8 Å². The van der Waals surface area contributed by atoms with Crippen molar-refractivity contribution in [2.24, 2.45) is 11.0 Å². The highest BCUT2D eigenvalue weighted by Gasteiger charge is 2.16. The fourth-order valence-corrected chi connectivity index (χ4v) is 2.34. The minimum Gasteiger partial charge on any atom is -0.464 e. The number of benzene rings is 1. The fraction of sp³-hybridized carbons (Fsp3) is 0.294. The van der Waals surface area contributed by atoms with Crippen LogP contribution in [0.3, 0.4) is 0 Å². The van der Waals surface area contributed by atoms with Gasteiger partial charge in [0.15, 0.2) is 5.69 Å². The summed E-state index contributed by atoms with van der Waals surface area (Å²) in [5.41, 5.74) is 0.560. The van der Waals surface area contributed by atoms with Gasteiger partial charge in [0.05, 0.1) is 13.7 Å². The Labute approximate surface area is 145 Å². The number of ether oxygens (including phenoxy) is 1. The van der Waals surface area contributed by atoms with Crippen molar-refractivity contribution in [1.29, 1.82) is 0 Å². The minimum atomic E-state index is -0.661. The number of carbonyl (C=O) groups is 1. The van der Waals surface area contributed by atoms with Crippen LogP contribution in [-0.2, 0) is 11.3 Å². The van der Waals surface area contributed by atoms with E-state index >= 15 is 0 Å². The summed E-state index contributed by atoms with van der Waals surface area (Å²) in [7, 11) is 1.25. The molecular formula is C17H19N3O3S. The van der Waals surface area contributed by atoms with Crippen molar-refractivity contribution < 1.29 is 9.53 Å². The Kier molecular flexibility index (Phi) is 5.81. The van der Waals surface area contributed by atoms with Gasteiger partial charge in [0.25, 0.3) is 5.56 Å². The fourth-order valence-electron chi connectivity index (χ4n) is 2.04. The molecule has 0 bridgehead atoms. The molecule has 1 aromatic heterocycles. The van der Waals surface area contributed by atoms with Crippen molar-refractivity contribution in [3.8, 4) is 0 Å². The van der Waals surface area contributed by atoms with Crippen molar-refractivity contribution in [2.75, 3.05) is 7.11 Å². The average Bonchev–Trinajstić information content (AvgIpc) is 2.57. The van der Waals surface area contributed by atoms with E-state index in [1.54, 1.807) is 6.21 Å². The Morgan fingerprint density at radius 1 is 1.33 bits per heavy atom. The number of rotatable bonds is 5. The molecule has 0 fully saturated rings. The molecule has 0 atom stereocenters. The first-order chi connectivity index (χ1) is 11.4. The lowest BCUT2D eigenvalue weighted by molar-refractivity contribution is 0.0587. The highest BCUT2D eigenvalue weighted by molar-refractivity contribution is 7.71. The highest BCUT2D eigenvalue weighted by atomic mass is 32.1. The molecule has 0 unspecified atom stereocenters. The van der Waals surface area contributed by atoms with Gasteiger partial charge < -0.3 is 4.74 Å². The van der Waals surface area contributed by atoms with Gasteiger partial charge in [-0.05, 0) is 23.7 Å². The van der Waals surface area contributed by atoms with Crippen LogP contribution in [0.25, 0.3) is 0 Å². The Hall–Kier alpha value is -2.54. The van der Waals surface area contributed by atoms with Crippen LogP contribution >= 0.6 is 12.2 Å². The van der Waals surface area contributed by atoms with Crippen LogP contribution in [0.5, 0.6) is 0 Å². The van der Waals surface area contributed by atoms with E-state index < -0.39 is 5.97 Å². The molecule has 24 heavy (non-hydrogen) atoms. The molecule has 0 saturated carbocycles. The standard InChI is InChI=1S/C17H19N3O3S/c1-12(2)10-18-20-14(16(22)23-3)9-15(21)19(17(20)24)11-13-7-5-4-6-8-13/h4-10,12H,11H2,1-3H3/b18-10+. The van der Waals surface area contributed by atoms with Gasteiger partial charge in [-0.15, -0.1) is 0 Å². The number of hydrogen-bond donors (Lipinski definition) is 0. The summed E-state index contributed by atoms with van der Waals surface area (Å²) in [6, 6.07) is 10.7. The Balaban J connectivity index is 2.61. The molecule has 0 aliphatic rings. The Morgan fingerprint density at radius 2 is 2.00 bits per heavy atom. The second kappa shape index (κ2) is 7.83. The van der Waals surface area contributed by atoms with Crippen LogP contribution in [0, 0.1) is 10.7 Å². The molecule has 2 rings (SSSR count). The normalized spacial score (nSPS) is 11.2. The lowest BCUT2D eigenvalue weighted by Crippen LogP contribution is -2.28. The van der Waals surface area contributed by atoms with Crippen LogP contribution in [0.1, 0.15) is 29.9 Å². The van der Waals surface area contributed by atoms with E-state index in [2.05, 4.69) is 5.10 Å². The molecule has 0 spiro atoms. The molecule has 1 heterocycles. The number of esters is 1. The molecule has 0 N–H and O–H groups in total. The first-order valence-corrected chi connectivity index (χ1v) is 7.88. The molecule has 0 aliphatic heterocycles. The largest absolute Gasteiger partial charge is 0.464 e. The predicted molar refractivity (Wildman–Crippen MR) is 95.1 cm³/mol. The maximum Gasteiger partial charge on any atom is 0.357 e. The van der Waals surface area contributed by atoms with Gasteiger partial charge in [-0.3, -0.25) is 9.36 Å². The third kappa shape index (κ3) is 4.05. The second-order valence-electron chi connectivity index (χ2n) is 5.53. The lowest BCUT2D eigenvalue weighted by Gasteiger charge is -2.12. The monoisotopic (exact) mass is 345 g/mol. The smallest absolute Gasteiger partial charge is 0.357 e. The maximum atomic E-state index is 12.4. The number of methoxy groups -OCH3 is 1. The summed E-state index contributed by atoms with van der Waals surface area (Å²) < 4.78 is 7.53. The molecule has 0 saturated heterocycles. The summed E-state index contributed by atoms with van der Waals surface area (Å²) in [4.78, 5) is 24.3. The SMILES string of the molecule is COC(=O)c1cc(=O)n(Cc2ccccc2)c(=S)n1/N=C/C(C)C. The van der Waals surface area contributed by atoms with E-state index in [9.17, 15) is 9.59 Å². The number of nitrogens with zero attached hydrogens (tertiary/aromatic N) is 3. The zero-order valence-electron chi connectivity index (χ0n) is 13.8. The van der Waals surface area contributed by atoms with Crippen LogP contribution in [0.4, 0.5) is 0 Å². The summed E-state index contributed by atoms with van der Waals surface area (Å²) in [6.07, 6.45) is 1.65. The maximum absolute atomic E-state index is 12.4. The Morgan fingerprint density at radius 3 is 2.58 bits per heavy atom. The third-order valence-corrected chi connectivity index (χ3v) is 3.62. The van der Waals surface area contributed by atoms with Gasteiger partial charge in [-0.1, -0.05) is 44.2 Å². The van der Waals surface area contributed by atoms with Crippen molar-refractivity contribution in [2.45, 2.75) is 20.4 Å². The van der Waals surface area contributed by atoms with Crippen LogP contribution in [0.15, 0.2) is 46.3 Å². The van der Waals surface area contributed by atoms with Crippen molar-refractivity contribution in [1.82, 2.24) is 9.24 Å². The molecule has 0 aliphatic carbocycles. The van der Waals surface area contributed by atoms with Gasteiger partial charge >= 0.3 is 5.97 Å². The predicted octanol–water partition coefficient (Wildman–Crippen LogP) is 2.70. The van der Waals surface area contributed by atoms with E-state index in [4.69, 9.17) is 17.0 Å². The first-order valence-electron chi connectivity index (χ1n) is 7.47. The van der Waals surface area contributed by atoms with E-state index in [1.807, 2.05) is 44.2 Å². The van der Waals surface area contributed by atoms with Crippen molar-refractivity contribution >= 4 is 24.4 Å². The van der Waals surface area contributed by atoms with Gasteiger partial charge in [0.1, 0.15) is 0 Å². The molecule has 126 valence electrons. The molecular weight excluding hydrogens is 326 g/mol. The molecule has 0 amide bonds. The first kappa shape index (κ1) is 17.8. The zero-order valence-corrected chi connectivity index (χ0v) is 14.6. The lowest BCUT2D eigenvalue weighted by atomic mass is 10.2. The zero-order chi connectivity index (χ0) is 17.7. The molecule has 0 radical (unpaired) electrons. The highest BCUT2D eigenvalue weighted by Crippen LogP contribution is 2.06. The second-order valence-corrected chi connectivity index (χ2v) is 5.90. The average molecular weight is 345 g/mol. The number of hydrogen-bond acceptors (Lipinski definition) is 5. The minimum absolute atomic E-state index is 0.00807.